The van der Waals surface area contributed by atoms with Crippen molar-refractivity contribution in [3.63, 3.8) is 0 Å². The average Bonchev–Trinajstić information content (AvgIpc) is 2.36. The van der Waals surface area contributed by atoms with Gasteiger partial charge in [-0.1, -0.05) is 6.07 Å². The Balaban J connectivity index is 2.74. The van der Waals surface area contributed by atoms with Gasteiger partial charge < -0.3 is 10.0 Å². The number of phenolic OH excluding ortho intramolecular Hbond substituents is 1. The number of nitrogens with zero attached hydrogens (tertiary/aromatic N) is 1. The number of rotatable bonds is 5. The smallest absolute Gasteiger partial charge is 0.239 e. The third-order valence-electron chi connectivity index (χ3n) is 3.17. The van der Waals surface area contributed by atoms with Crippen molar-refractivity contribution < 1.29 is 14.3 Å². The Bertz CT molecular complexity index is 451. The summed E-state index contributed by atoms with van der Waals surface area (Å²) in [6.07, 6.45) is 0. The van der Waals surface area contributed by atoms with Crippen molar-refractivity contribution in [3.8, 4) is 5.75 Å². The molecule has 0 radical (unpaired) electrons. The van der Waals surface area contributed by atoms with Crippen LogP contribution in [0.25, 0.3) is 0 Å². The van der Waals surface area contributed by atoms with E-state index < -0.39 is 11.9 Å². The van der Waals surface area contributed by atoms with E-state index in [1.54, 1.807) is 25.8 Å². The first-order valence-electron chi connectivity index (χ1n) is 6.36. The number of phenols is 1. The highest BCUT2D eigenvalue weighted by atomic mass is 19.1. The molecule has 0 bridgehead atoms. The molecule has 1 aromatic carbocycles. The summed E-state index contributed by atoms with van der Waals surface area (Å²) in [5.41, 5.74) is 0.427. The molecular formula is C14H21FN2O2. The van der Waals surface area contributed by atoms with Crippen molar-refractivity contribution in [2.75, 3.05) is 13.6 Å². The first-order valence-corrected chi connectivity index (χ1v) is 6.36. The Kier molecular flexibility index (Phi) is 5.30. The number of benzene rings is 1. The van der Waals surface area contributed by atoms with Gasteiger partial charge in [0.05, 0.1) is 6.04 Å². The quantitative estimate of drug-likeness (QED) is 0.859. The molecular weight excluding hydrogens is 247 g/mol. The summed E-state index contributed by atoms with van der Waals surface area (Å²) in [4.78, 5) is 13.5. The topological polar surface area (TPSA) is 52.6 Å². The largest absolute Gasteiger partial charge is 0.508 e. The molecule has 0 aliphatic rings. The predicted octanol–water partition coefficient (Wildman–Crippen LogP) is 2.05. The van der Waals surface area contributed by atoms with E-state index in [0.29, 0.717) is 12.1 Å². The second kappa shape index (κ2) is 6.52. The lowest BCUT2D eigenvalue weighted by Gasteiger charge is -2.24. The van der Waals surface area contributed by atoms with E-state index >= 15 is 0 Å². The zero-order chi connectivity index (χ0) is 14.6. The van der Waals surface area contributed by atoms with Crippen molar-refractivity contribution >= 4 is 5.91 Å². The highest BCUT2D eigenvalue weighted by Gasteiger charge is 2.20. The van der Waals surface area contributed by atoms with Crippen LogP contribution in [0.15, 0.2) is 18.2 Å². The van der Waals surface area contributed by atoms with Gasteiger partial charge in [0.1, 0.15) is 11.6 Å². The fourth-order valence-electron chi connectivity index (χ4n) is 1.89. The van der Waals surface area contributed by atoms with E-state index in [-0.39, 0.29) is 17.7 Å². The molecule has 0 aromatic heterocycles. The normalized spacial score (nSPS) is 13.9. The molecule has 2 unspecified atom stereocenters. The number of hydrogen-bond donors (Lipinski definition) is 2. The molecule has 0 aliphatic heterocycles. The molecule has 4 nitrogen and oxygen atoms in total. The van der Waals surface area contributed by atoms with Crippen molar-refractivity contribution in [2.45, 2.75) is 32.9 Å². The Morgan fingerprint density at radius 3 is 2.63 bits per heavy atom. The van der Waals surface area contributed by atoms with Gasteiger partial charge in [0, 0.05) is 31.3 Å². The van der Waals surface area contributed by atoms with Gasteiger partial charge in [-0.3, -0.25) is 10.1 Å². The molecule has 19 heavy (non-hydrogen) atoms. The van der Waals surface area contributed by atoms with Crippen molar-refractivity contribution in [2.24, 2.45) is 0 Å². The second-order valence-electron chi connectivity index (χ2n) is 4.67. The van der Waals surface area contributed by atoms with Gasteiger partial charge in [-0.15, -0.1) is 0 Å². The van der Waals surface area contributed by atoms with Crippen LogP contribution in [-0.4, -0.2) is 35.5 Å². The third kappa shape index (κ3) is 3.92. The molecule has 2 atom stereocenters. The summed E-state index contributed by atoms with van der Waals surface area (Å²) in [6, 6.07) is 3.31. The Morgan fingerprint density at radius 2 is 2.11 bits per heavy atom. The number of aromatic hydroxyl groups is 1. The minimum absolute atomic E-state index is 0.0338. The second-order valence-corrected chi connectivity index (χ2v) is 4.67. The van der Waals surface area contributed by atoms with Crippen LogP contribution in [-0.2, 0) is 4.79 Å². The number of halogens is 1. The SMILES string of the molecule is CCN(C)C(=O)C(C)NC(C)c1ccc(O)cc1F. The van der Waals surface area contributed by atoms with Crippen molar-refractivity contribution in [1.82, 2.24) is 10.2 Å². The lowest BCUT2D eigenvalue weighted by atomic mass is 10.1. The first kappa shape index (κ1) is 15.4. The summed E-state index contributed by atoms with van der Waals surface area (Å²) in [5, 5.41) is 12.2. The first-order chi connectivity index (χ1) is 8.86. The molecule has 1 aromatic rings. The number of amides is 1. The van der Waals surface area contributed by atoms with Gasteiger partial charge in [-0.25, -0.2) is 4.39 Å². The van der Waals surface area contributed by atoms with Crippen molar-refractivity contribution in [1.29, 1.82) is 0 Å². The van der Waals surface area contributed by atoms with E-state index in [4.69, 9.17) is 0 Å². The number of nitrogens with one attached hydrogen (secondary N) is 1. The van der Waals surface area contributed by atoms with E-state index in [1.165, 1.54) is 12.1 Å². The minimum atomic E-state index is -0.483. The van der Waals surface area contributed by atoms with Crippen LogP contribution in [0.3, 0.4) is 0 Å². The Hall–Kier alpha value is -1.62. The summed E-state index contributed by atoms with van der Waals surface area (Å²) in [6.45, 7) is 6.06. The van der Waals surface area contributed by atoms with Crippen LogP contribution in [0.1, 0.15) is 32.4 Å². The summed E-state index contributed by atoms with van der Waals surface area (Å²) in [5.74, 6) is -0.625. The van der Waals surface area contributed by atoms with E-state index in [9.17, 15) is 14.3 Å². The zero-order valence-corrected chi connectivity index (χ0v) is 11.8. The monoisotopic (exact) mass is 268 g/mol. The van der Waals surface area contributed by atoms with E-state index in [0.717, 1.165) is 6.07 Å². The third-order valence-corrected chi connectivity index (χ3v) is 3.17. The molecule has 0 spiro atoms. The van der Waals surface area contributed by atoms with Gasteiger partial charge in [-0.2, -0.15) is 0 Å². The fourth-order valence-corrected chi connectivity index (χ4v) is 1.89. The highest BCUT2D eigenvalue weighted by molar-refractivity contribution is 5.81. The van der Waals surface area contributed by atoms with E-state index in [2.05, 4.69) is 5.32 Å². The van der Waals surface area contributed by atoms with Crippen LogP contribution in [0.4, 0.5) is 4.39 Å². The molecule has 106 valence electrons. The van der Waals surface area contributed by atoms with Crippen LogP contribution < -0.4 is 5.32 Å². The summed E-state index contributed by atoms with van der Waals surface area (Å²) in [7, 11) is 1.73. The molecule has 1 amide bonds. The van der Waals surface area contributed by atoms with Gasteiger partial charge >= 0.3 is 0 Å². The molecule has 0 saturated heterocycles. The molecule has 1 rings (SSSR count). The van der Waals surface area contributed by atoms with E-state index in [1.807, 2.05) is 6.92 Å². The lowest BCUT2D eigenvalue weighted by Crippen LogP contribution is -2.44. The van der Waals surface area contributed by atoms with Crippen LogP contribution in [0, 0.1) is 5.82 Å². The van der Waals surface area contributed by atoms with Gasteiger partial charge in [0.25, 0.3) is 0 Å². The maximum absolute atomic E-state index is 13.7. The maximum Gasteiger partial charge on any atom is 0.239 e. The number of likely N-dealkylation sites (N-methyl/N-ethyl adjacent to an activating group) is 1. The molecule has 0 saturated carbocycles. The standard InChI is InChI=1S/C14H21FN2O2/c1-5-17(4)14(19)10(3)16-9(2)12-7-6-11(18)8-13(12)15/h6-10,16,18H,5H2,1-4H3. The maximum atomic E-state index is 13.7. The fraction of sp³-hybridized carbons (Fsp3) is 0.500. The number of carbonyl (C=O) groups is 1. The Labute approximate surface area is 113 Å². The number of carbonyl (C=O) groups excluding carboxylic acids is 1. The van der Waals surface area contributed by atoms with Crippen molar-refractivity contribution in [3.05, 3.63) is 29.6 Å². The average molecular weight is 268 g/mol. The molecule has 0 fully saturated rings. The van der Waals surface area contributed by atoms with Gasteiger partial charge in [0.15, 0.2) is 0 Å². The molecule has 0 heterocycles. The molecule has 0 aliphatic carbocycles. The summed E-state index contributed by atoms with van der Waals surface area (Å²) < 4.78 is 13.7. The minimum Gasteiger partial charge on any atom is -0.508 e. The van der Waals surface area contributed by atoms with Gasteiger partial charge in [-0.05, 0) is 26.8 Å². The molecule has 2 N–H and O–H groups in total. The Morgan fingerprint density at radius 1 is 1.47 bits per heavy atom. The molecule has 5 heteroatoms. The van der Waals surface area contributed by atoms with Crippen LogP contribution >= 0.6 is 0 Å². The lowest BCUT2D eigenvalue weighted by molar-refractivity contribution is -0.131. The zero-order valence-electron chi connectivity index (χ0n) is 11.8. The predicted molar refractivity (Wildman–Crippen MR) is 72.4 cm³/mol. The highest BCUT2D eigenvalue weighted by Crippen LogP contribution is 2.21. The van der Waals surface area contributed by atoms with Crippen LogP contribution in [0.2, 0.25) is 0 Å². The number of hydrogen-bond acceptors (Lipinski definition) is 3. The van der Waals surface area contributed by atoms with Gasteiger partial charge in [0.2, 0.25) is 5.91 Å². The van der Waals surface area contributed by atoms with Crippen LogP contribution in [0.5, 0.6) is 5.75 Å². The summed E-state index contributed by atoms with van der Waals surface area (Å²) >= 11 is 0.